The molecule has 3 N–H and O–H groups in total. The summed E-state index contributed by atoms with van der Waals surface area (Å²) in [5.74, 6) is -0.132. The smallest absolute Gasteiger partial charge is 0.236 e. The summed E-state index contributed by atoms with van der Waals surface area (Å²) >= 11 is 0. The van der Waals surface area contributed by atoms with Crippen LogP contribution in [0.1, 0.15) is 12.5 Å². The molecule has 0 saturated heterocycles. The Bertz CT molecular complexity index is 532. The highest BCUT2D eigenvalue weighted by molar-refractivity contribution is 5.80. The lowest BCUT2D eigenvalue weighted by Crippen LogP contribution is -2.37. The molecule has 2 rings (SSSR count). The van der Waals surface area contributed by atoms with Crippen molar-refractivity contribution in [2.45, 2.75) is 19.5 Å². The summed E-state index contributed by atoms with van der Waals surface area (Å²) in [5.41, 5.74) is 8.91. The lowest BCUT2D eigenvalue weighted by atomic mass is 10.0. The second-order valence-corrected chi connectivity index (χ2v) is 4.57. The Morgan fingerprint density at radius 1 is 1.05 bits per heavy atom. The molecule has 0 aliphatic rings. The average Bonchev–Trinajstić information content (AvgIpc) is 2.46. The van der Waals surface area contributed by atoms with Gasteiger partial charge in [0.15, 0.2) is 0 Å². The number of rotatable bonds is 4. The van der Waals surface area contributed by atoms with Gasteiger partial charge in [0.1, 0.15) is 0 Å². The van der Waals surface area contributed by atoms with E-state index in [2.05, 4.69) is 29.6 Å². The van der Waals surface area contributed by atoms with E-state index in [-0.39, 0.29) is 5.91 Å². The molecule has 0 aliphatic heterocycles. The van der Waals surface area contributed by atoms with Gasteiger partial charge in [0.25, 0.3) is 0 Å². The first-order chi connectivity index (χ1) is 9.16. The van der Waals surface area contributed by atoms with E-state index < -0.39 is 6.04 Å². The Morgan fingerprint density at radius 3 is 2.21 bits per heavy atom. The van der Waals surface area contributed by atoms with Gasteiger partial charge in [0.2, 0.25) is 5.91 Å². The van der Waals surface area contributed by atoms with Crippen LogP contribution >= 0.6 is 0 Å². The van der Waals surface area contributed by atoms with Gasteiger partial charge in [-0.05, 0) is 23.6 Å². The molecule has 3 heteroatoms. The molecule has 0 spiro atoms. The van der Waals surface area contributed by atoms with Crippen molar-refractivity contribution in [1.29, 1.82) is 0 Å². The van der Waals surface area contributed by atoms with Crippen molar-refractivity contribution in [3.63, 3.8) is 0 Å². The fourth-order valence-electron chi connectivity index (χ4n) is 1.80. The molecule has 19 heavy (non-hydrogen) atoms. The normalized spacial score (nSPS) is 11.9. The number of benzene rings is 2. The van der Waals surface area contributed by atoms with E-state index in [0.717, 1.165) is 5.56 Å². The first kappa shape index (κ1) is 13.3. The lowest BCUT2D eigenvalue weighted by molar-refractivity contribution is -0.122. The first-order valence-corrected chi connectivity index (χ1v) is 6.34. The Morgan fingerprint density at radius 2 is 1.63 bits per heavy atom. The third-order valence-corrected chi connectivity index (χ3v) is 2.94. The van der Waals surface area contributed by atoms with Gasteiger partial charge in [0, 0.05) is 6.54 Å². The monoisotopic (exact) mass is 254 g/mol. The van der Waals surface area contributed by atoms with Gasteiger partial charge in [-0.2, -0.15) is 0 Å². The molecule has 2 aromatic carbocycles. The van der Waals surface area contributed by atoms with E-state index in [4.69, 9.17) is 5.73 Å². The van der Waals surface area contributed by atoms with Crippen LogP contribution in [0, 0.1) is 0 Å². The Balaban J connectivity index is 2.01. The van der Waals surface area contributed by atoms with Crippen LogP contribution in [0.3, 0.4) is 0 Å². The molecule has 0 aromatic heterocycles. The van der Waals surface area contributed by atoms with Crippen molar-refractivity contribution in [2.75, 3.05) is 0 Å². The molecule has 0 radical (unpaired) electrons. The molecule has 0 unspecified atom stereocenters. The van der Waals surface area contributed by atoms with Crippen LogP contribution in [-0.4, -0.2) is 11.9 Å². The van der Waals surface area contributed by atoms with Gasteiger partial charge < -0.3 is 11.1 Å². The van der Waals surface area contributed by atoms with Crippen molar-refractivity contribution in [3.05, 3.63) is 60.2 Å². The Labute approximate surface area is 113 Å². The second-order valence-electron chi connectivity index (χ2n) is 4.57. The summed E-state index contributed by atoms with van der Waals surface area (Å²) in [7, 11) is 0. The minimum Gasteiger partial charge on any atom is -0.351 e. The van der Waals surface area contributed by atoms with E-state index >= 15 is 0 Å². The van der Waals surface area contributed by atoms with Crippen molar-refractivity contribution in [3.8, 4) is 11.1 Å². The molecule has 0 aliphatic carbocycles. The zero-order valence-corrected chi connectivity index (χ0v) is 11.0. The van der Waals surface area contributed by atoms with Crippen molar-refractivity contribution in [2.24, 2.45) is 5.73 Å². The minimum absolute atomic E-state index is 0.132. The van der Waals surface area contributed by atoms with Crippen LogP contribution in [0.5, 0.6) is 0 Å². The van der Waals surface area contributed by atoms with Gasteiger partial charge in [-0.15, -0.1) is 0 Å². The van der Waals surface area contributed by atoms with Crippen LogP contribution in [-0.2, 0) is 11.3 Å². The number of hydrogen-bond acceptors (Lipinski definition) is 2. The predicted octanol–water partition coefficient (Wildman–Crippen LogP) is 2.32. The van der Waals surface area contributed by atoms with Crippen LogP contribution in [0.4, 0.5) is 0 Å². The Hall–Kier alpha value is -2.13. The number of hydrogen-bond donors (Lipinski definition) is 2. The van der Waals surface area contributed by atoms with E-state index in [9.17, 15) is 4.79 Å². The molecule has 0 heterocycles. The maximum atomic E-state index is 11.4. The highest BCUT2D eigenvalue weighted by Crippen LogP contribution is 2.19. The van der Waals surface area contributed by atoms with Crippen molar-refractivity contribution in [1.82, 2.24) is 5.32 Å². The van der Waals surface area contributed by atoms with Gasteiger partial charge in [-0.3, -0.25) is 4.79 Å². The van der Waals surface area contributed by atoms with E-state index in [1.54, 1.807) is 6.92 Å². The van der Waals surface area contributed by atoms with Crippen molar-refractivity contribution >= 4 is 5.91 Å². The molecule has 0 bridgehead atoms. The van der Waals surface area contributed by atoms with Gasteiger partial charge in [0.05, 0.1) is 6.04 Å². The van der Waals surface area contributed by atoms with Crippen LogP contribution in [0.15, 0.2) is 54.6 Å². The summed E-state index contributed by atoms with van der Waals surface area (Å²) in [4.78, 5) is 11.4. The molecule has 2 aromatic rings. The quantitative estimate of drug-likeness (QED) is 0.879. The fraction of sp³-hybridized carbons (Fsp3) is 0.188. The maximum Gasteiger partial charge on any atom is 0.236 e. The number of amides is 1. The second kappa shape index (κ2) is 6.16. The summed E-state index contributed by atoms with van der Waals surface area (Å²) in [6, 6.07) is 17.9. The van der Waals surface area contributed by atoms with Crippen molar-refractivity contribution < 1.29 is 4.79 Å². The highest BCUT2D eigenvalue weighted by atomic mass is 16.2. The van der Waals surface area contributed by atoms with Gasteiger partial charge >= 0.3 is 0 Å². The number of carbonyl (C=O) groups excluding carboxylic acids is 1. The number of nitrogens with one attached hydrogen (secondary N) is 1. The minimum atomic E-state index is -0.469. The summed E-state index contributed by atoms with van der Waals surface area (Å²) < 4.78 is 0. The number of carbonyl (C=O) groups is 1. The standard InChI is InChI=1S/C16H18N2O/c1-12(17)16(19)18-11-13-7-9-15(10-8-13)14-5-3-2-4-6-14/h2-10,12H,11,17H2,1H3,(H,18,19)/t12-/m1/s1. The lowest BCUT2D eigenvalue weighted by Gasteiger charge is -2.08. The SMILES string of the molecule is C[C@@H](N)C(=O)NCc1ccc(-c2ccccc2)cc1. The van der Waals surface area contributed by atoms with Gasteiger partial charge in [-0.25, -0.2) is 0 Å². The number of nitrogens with two attached hydrogens (primary N) is 1. The molecule has 0 fully saturated rings. The first-order valence-electron chi connectivity index (χ1n) is 6.34. The van der Waals surface area contributed by atoms with E-state index in [0.29, 0.717) is 6.54 Å². The largest absolute Gasteiger partial charge is 0.351 e. The van der Waals surface area contributed by atoms with E-state index in [1.165, 1.54) is 11.1 Å². The summed E-state index contributed by atoms with van der Waals surface area (Å²) in [6.45, 7) is 2.18. The molecule has 0 saturated carbocycles. The third kappa shape index (κ3) is 3.66. The summed E-state index contributed by atoms with van der Waals surface area (Å²) in [5, 5.41) is 2.79. The van der Waals surface area contributed by atoms with Gasteiger partial charge in [-0.1, -0.05) is 54.6 Å². The topological polar surface area (TPSA) is 55.1 Å². The Kier molecular flexibility index (Phi) is 4.31. The van der Waals surface area contributed by atoms with Crippen LogP contribution < -0.4 is 11.1 Å². The highest BCUT2D eigenvalue weighted by Gasteiger charge is 2.06. The zero-order valence-electron chi connectivity index (χ0n) is 11.0. The van der Waals surface area contributed by atoms with Crippen LogP contribution in [0.25, 0.3) is 11.1 Å². The molecular weight excluding hydrogens is 236 g/mol. The fourth-order valence-corrected chi connectivity index (χ4v) is 1.80. The molecule has 1 amide bonds. The average molecular weight is 254 g/mol. The molecule has 3 nitrogen and oxygen atoms in total. The van der Waals surface area contributed by atoms with Crippen LogP contribution in [0.2, 0.25) is 0 Å². The van der Waals surface area contributed by atoms with E-state index in [1.807, 2.05) is 30.3 Å². The zero-order chi connectivity index (χ0) is 13.7. The molecule has 1 atom stereocenters. The molecular formula is C16H18N2O. The third-order valence-electron chi connectivity index (χ3n) is 2.94. The maximum absolute atomic E-state index is 11.4. The predicted molar refractivity (Wildman–Crippen MR) is 77.4 cm³/mol. The summed E-state index contributed by atoms with van der Waals surface area (Å²) in [6.07, 6.45) is 0. The molecule has 98 valence electrons.